The molecule has 0 aliphatic carbocycles. The van der Waals surface area contributed by atoms with Gasteiger partial charge in [0.1, 0.15) is 0 Å². The van der Waals surface area contributed by atoms with Crippen LogP contribution in [0.3, 0.4) is 0 Å². The number of carbonyl (C=O) groups excluding carboxylic acids is 1. The molecule has 6 nitrogen and oxygen atoms in total. The summed E-state index contributed by atoms with van der Waals surface area (Å²) in [6.07, 6.45) is -0.613. The Kier molecular flexibility index (Phi) is 5.29. The van der Waals surface area contributed by atoms with Gasteiger partial charge in [-0.1, -0.05) is 39.0 Å². The maximum absolute atomic E-state index is 12.1. The topological polar surface area (TPSA) is 79.2 Å². The highest BCUT2D eigenvalue weighted by Gasteiger charge is 2.23. The summed E-state index contributed by atoms with van der Waals surface area (Å²) in [5, 5.41) is 20.0. The SMILES string of the molecule is Cc1nn(-c2ccccc2)c(C)c1NC(=O)NCC(O)C(C)(C)C. The van der Waals surface area contributed by atoms with Gasteiger partial charge in [-0.05, 0) is 31.4 Å². The van der Waals surface area contributed by atoms with Gasteiger partial charge in [0.15, 0.2) is 0 Å². The van der Waals surface area contributed by atoms with E-state index in [4.69, 9.17) is 0 Å². The minimum absolute atomic E-state index is 0.195. The van der Waals surface area contributed by atoms with Gasteiger partial charge in [0.05, 0.1) is 28.9 Å². The van der Waals surface area contributed by atoms with Crippen LogP contribution in [-0.2, 0) is 0 Å². The minimum atomic E-state index is -0.613. The number of nitrogens with zero attached hydrogens (tertiary/aromatic N) is 2. The van der Waals surface area contributed by atoms with E-state index >= 15 is 0 Å². The number of para-hydroxylation sites is 1. The molecule has 1 unspecified atom stereocenters. The van der Waals surface area contributed by atoms with Crippen LogP contribution in [0.15, 0.2) is 30.3 Å². The molecule has 1 atom stereocenters. The Morgan fingerprint density at radius 3 is 2.46 bits per heavy atom. The van der Waals surface area contributed by atoms with Crippen molar-refractivity contribution in [1.29, 1.82) is 0 Å². The number of benzene rings is 1. The van der Waals surface area contributed by atoms with E-state index in [9.17, 15) is 9.90 Å². The van der Waals surface area contributed by atoms with Gasteiger partial charge in [0, 0.05) is 6.54 Å². The van der Waals surface area contributed by atoms with Gasteiger partial charge in [0.25, 0.3) is 0 Å². The highest BCUT2D eigenvalue weighted by Crippen LogP contribution is 2.23. The van der Waals surface area contributed by atoms with Gasteiger partial charge in [-0.2, -0.15) is 5.10 Å². The van der Waals surface area contributed by atoms with Crippen LogP contribution in [0.25, 0.3) is 5.69 Å². The van der Waals surface area contributed by atoms with Crippen molar-refractivity contribution in [1.82, 2.24) is 15.1 Å². The molecule has 2 amide bonds. The molecule has 1 aromatic carbocycles. The monoisotopic (exact) mass is 330 g/mol. The summed E-state index contributed by atoms with van der Waals surface area (Å²) >= 11 is 0. The molecule has 1 aromatic heterocycles. The van der Waals surface area contributed by atoms with Crippen LogP contribution in [-0.4, -0.2) is 33.6 Å². The van der Waals surface area contributed by atoms with Crippen molar-refractivity contribution in [3.63, 3.8) is 0 Å². The molecular formula is C18H26N4O2. The van der Waals surface area contributed by atoms with Gasteiger partial charge < -0.3 is 15.7 Å². The number of aromatic nitrogens is 2. The smallest absolute Gasteiger partial charge is 0.319 e. The molecule has 0 radical (unpaired) electrons. The van der Waals surface area contributed by atoms with Crippen molar-refractivity contribution >= 4 is 11.7 Å². The summed E-state index contributed by atoms with van der Waals surface area (Å²) in [6, 6.07) is 9.41. The quantitative estimate of drug-likeness (QED) is 0.806. The minimum Gasteiger partial charge on any atom is -0.391 e. The molecule has 2 rings (SSSR count). The number of aryl methyl sites for hydroxylation is 1. The second-order valence-electron chi connectivity index (χ2n) is 7.01. The number of nitrogens with one attached hydrogen (secondary N) is 2. The summed E-state index contributed by atoms with van der Waals surface area (Å²) in [5.41, 5.74) is 2.93. The first-order valence-electron chi connectivity index (χ1n) is 8.04. The van der Waals surface area contributed by atoms with Crippen molar-refractivity contribution in [2.75, 3.05) is 11.9 Å². The van der Waals surface area contributed by atoms with E-state index in [-0.39, 0.29) is 18.0 Å². The lowest BCUT2D eigenvalue weighted by atomic mass is 9.89. The average Bonchev–Trinajstić information content (AvgIpc) is 2.80. The molecule has 0 bridgehead atoms. The zero-order chi connectivity index (χ0) is 17.9. The average molecular weight is 330 g/mol. The number of hydrogen-bond donors (Lipinski definition) is 3. The molecule has 0 spiro atoms. The standard InChI is InChI=1S/C18H26N4O2/c1-12-16(20-17(24)19-11-15(23)18(3,4)5)13(2)22(21-12)14-9-7-6-8-10-14/h6-10,15,23H,11H2,1-5H3,(H2,19,20,24). The first-order chi connectivity index (χ1) is 11.2. The third kappa shape index (κ3) is 4.14. The van der Waals surface area contributed by atoms with Crippen LogP contribution < -0.4 is 10.6 Å². The molecule has 24 heavy (non-hydrogen) atoms. The Morgan fingerprint density at radius 1 is 1.25 bits per heavy atom. The normalized spacial score (nSPS) is 12.8. The summed E-state index contributed by atoms with van der Waals surface area (Å²) in [4.78, 5) is 12.1. The van der Waals surface area contributed by atoms with Crippen LogP contribution in [0.4, 0.5) is 10.5 Å². The number of urea groups is 1. The van der Waals surface area contributed by atoms with Crippen molar-refractivity contribution in [3.05, 3.63) is 41.7 Å². The second-order valence-corrected chi connectivity index (χ2v) is 7.01. The Morgan fingerprint density at radius 2 is 1.88 bits per heavy atom. The molecule has 0 aliphatic rings. The van der Waals surface area contributed by atoms with Crippen molar-refractivity contribution in [2.24, 2.45) is 5.41 Å². The van der Waals surface area contributed by atoms with E-state index in [1.165, 1.54) is 0 Å². The van der Waals surface area contributed by atoms with Gasteiger partial charge >= 0.3 is 6.03 Å². The van der Waals surface area contributed by atoms with E-state index in [1.54, 1.807) is 4.68 Å². The number of carbonyl (C=O) groups is 1. The molecule has 1 heterocycles. The highest BCUT2D eigenvalue weighted by atomic mass is 16.3. The van der Waals surface area contributed by atoms with E-state index in [1.807, 2.05) is 65.0 Å². The predicted molar refractivity (Wildman–Crippen MR) is 95.5 cm³/mol. The number of anilines is 1. The van der Waals surface area contributed by atoms with Crippen molar-refractivity contribution in [2.45, 2.75) is 40.7 Å². The Hall–Kier alpha value is -2.34. The fourth-order valence-electron chi connectivity index (χ4n) is 2.30. The van der Waals surface area contributed by atoms with E-state index in [0.717, 1.165) is 17.1 Å². The molecule has 130 valence electrons. The first-order valence-corrected chi connectivity index (χ1v) is 8.04. The largest absolute Gasteiger partial charge is 0.391 e. The number of amides is 2. The van der Waals surface area contributed by atoms with Crippen LogP contribution in [0.5, 0.6) is 0 Å². The second kappa shape index (κ2) is 7.05. The molecule has 0 saturated carbocycles. The van der Waals surface area contributed by atoms with Crippen molar-refractivity contribution < 1.29 is 9.90 Å². The lowest BCUT2D eigenvalue weighted by Gasteiger charge is -2.25. The molecular weight excluding hydrogens is 304 g/mol. The molecule has 0 aliphatic heterocycles. The van der Waals surface area contributed by atoms with Crippen LogP contribution in [0.2, 0.25) is 0 Å². The Bertz CT molecular complexity index is 702. The molecule has 3 N–H and O–H groups in total. The first kappa shape index (κ1) is 18.0. The fourth-order valence-corrected chi connectivity index (χ4v) is 2.30. The predicted octanol–water partition coefficient (Wildman–Crippen LogP) is 3.02. The third-order valence-corrected chi connectivity index (χ3v) is 3.99. The highest BCUT2D eigenvalue weighted by molar-refractivity contribution is 5.90. The van der Waals surface area contributed by atoms with Gasteiger partial charge in [-0.25, -0.2) is 9.48 Å². The maximum Gasteiger partial charge on any atom is 0.319 e. The molecule has 6 heteroatoms. The van der Waals surface area contributed by atoms with Gasteiger partial charge in [0.2, 0.25) is 0 Å². The maximum atomic E-state index is 12.1. The zero-order valence-corrected chi connectivity index (χ0v) is 14.9. The van der Waals surface area contributed by atoms with Crippen LogP contribution in [0, 0.1) is 19.3 Å². The Balaban J connectivity index is 2.08. The van der Waals surface area contributed by atoms with Crippen LogP contribution in [0.1, 0.15) is 32.2 Å². The lowest BCUT2D eigenvalue weighted by Crippen LogP contribution is -2.41. The van der Waals surface area contributed by atoms with E-state index in [0.29, 0.717) is 5.69 Å². The number of aliphatic hydroxyl groups excluding tert-OH is 1. The molecule has 0 saturated heterocycles. The number of rotatable bonds is 4. The van der Waals surface area contributed by atoms with Gasteiger partial charge in [-0.3, -0.25) is 0 Å². The molecule has 0 fully saturated rings. The van der Waals surface area contributed by atoms with Crippen molar-refractivity contribution in [3.8, 4) is 5.69 Å². The summed E-state index contributed by atoms with van der Waals surface area (Å²) in [5.74, 6) is 0. The molecule has 2 aromatic rings. The fraction of sp³-hybridized carbons (Fsp3) is 0.444. The van der Waals surface area contributed by atoms with Gasteiger partial charge in [-0.15, -0.1) is 0 Å². The Labute approximate surface area is 142 Å². The van der Waals surface area contributed by atoms with E-state index in [2.05, 4.69) is 15.7 Å². The lowest BCUT2D eigenvalue weighted by molar-refractivity contribution is 0.0654. The third-order valence-electron chi connectivity index (χ3n) is 3.99. The summed E-state index contributed by atoms with van der Waals surface area (Å²) in [7, 11) is 0. The zero-order valence-electron chi connectivity index (χ0n) is 14.9. The summed E-state index contributed by atoms with van der Waals surface area (Å²) < 4.78 is 1.80. The summed E-state index contributed by atoms with van der Waals surface area (Å²) in [6.45, 7) is 9.74. The number of hydrogen-bond acceptors (Lipinski definition) is 3. The number of aliphatic hydroxyl groups is 1. The van der Waals surface area contributed by atoms with E-state index < -0.39 is 6.10 Å². The van der Waals surface area contributed by atoms with Crippen LogP contribution >= 0.6 is 0 Å².